The lowest BCUT2D eigenvalue weighted by molar-refractivity contribution is 0.252. The highest BCUT2D eigenvalue weighted by molar-refractivity contribution is 6.01. The van der Waals surface area contributed by atoms with Crippen LogP contribution in [0.2, 0.25) is 0 Å². The molecule has 7 nitrogen and oxygen atoms in total. The van der Waals surface area contributed by atoms with Crippen molar-refractivity contribution in [1.82, 2.24) is 10.2 Å². The number of nitrogens with zero attached hydrogens (tertiary/aromatic N) is 3. The average molecular weight is 315 g/mol. The van der Waals surface area contributed by atoms with Crippen molar-refractivity contribution in [3.63, 3.8) is 0 Å². The maximum absolute atomic E-state index is 6.14. The van der Waals surface area contributed by atoms with E-state index >= 15 is 0 Å². The first-order chi connectivity index (χ1) is 11.2. The number of likely N-dealkylation sites (N-methyl/N-ethyl adjacent to an activating group) is 1. The zero-order valence-electron chi connectivity index (χ0n) is 13.3. The van der Waals surface area contributed by atoms with Gasteiger partial charge in [0.1, 0.15) is 17.5 Å². The third-order valence-corrected chi connectivity index (χ3v) is 4.75. The molecule has 3 aliphatic rings. The molecule has 1 saturated heterocycles. The van der Waals surface area contributed by atoms with E-state index in [4.69, 9.17) is 15.2 Å². The maximum Gasteiger partial charge on any atom is 0.217 e. The summed E-state index contributed by atoms with van der Waals surface area (Å²) in [5.74, 6) is 2.82. The summed E-state index contributed by atoms with van der Waals surface area (Å²) in [4.78, 5) is 11.2. The van der Waals surface area contributed by atoms with Crippen LogP contribution in [0.25, 0.3) is 0 Å². The second-order valence-electron chi connectivity index (χ2n) is 6.06. The molecule has 2 unspecified atom stereocenters. The lowest BCUT2D eigenvalue weighted by atomic mass is 10.0. The third kappa shape index (κ3) is 2.31. The van der Waals surface area contributed by atoms with Gasteiger partial charge in [0.2, 0.25) is 5.96 Å². The predicted octanol–water partition coefficient (Wildman–Crippen LogP) is 0.518. The summed E-state index contributed by atoms with van der Waals surface area (Å²) >= 11 is 0. The number of aliphatic imine (C=N–C) groups is 2. The number of ether oxygens (including phenoxy) is 2. The van der Waals surface area contributed by atoms with Crippen molar-refractivity contribution in [2.75, 3.05) is 27.2 Å². The van der Waals surface area contributed by atoms with Crippen molar-refractivity contribution >= 4 is 11.8 Å². The van der Waals surface area contributed by atoms with Gasteiger partial charge < -0.3 is 25.4 Å². The SMILES string of the molecule is CN[C@@H]1CCN(C2=NC(N)=NC3c4cc(OC)ccc4OC23)C1. The molecule has 23 heavy (non-hydrogen) atoms. The highest BCUT2D eigenvalue weighted by atomic mass is 16.5. The van der Waals surface area contributed by atoms with E-state index in [1.54, 1.807) is 7.11 Å². The Hall–Kier alpha value is -2.28. The van der Waals surface area contributed by atoms with Gasteiger partial charge in [-0.25, -0.2) is 4.99 Å². The lowest BCUT2D eigenvalue weighted by Crippen LogP contribution is -2.46. The van der Waals surface area contributed by atoms with E-state index < -0.39 is 0 Å². The van der Waals surface area contributed by atoms with Crippen LogP contribution in [0.5, 0.6) is 11.5 Å². The topological polar surface area (TPSA) is 84.5 Å². The van der Waals surface area contributed by atoms with E-state index in [0.717, 1.165) is 42.4 Å². The van der Waals surface area contributed by atoms with E-state index in [-0.39, 0.29) is 12.1 Å². The highest BCUT2D eigenvalue weighted by Crippen LogP contribution is 2.43. The minimum atomic E-state index is -0.208. The van der Waals surface area contributed by atoms with Crippen LogP contribution in [0, 0.1) is 0 Å². The molecule has 4 rings (SSSR count). The molecule has 0 aliphatic carbocycles. The molecule has 0 amide bonds. The number of nitrogens with two attached hydrogens (primary N) is 1. The number of fused-ring (bicyclic) bond motifs is 3. The first kappa shape index (κ1) is 14.3. The standard InChI is InChI=1S/C16H21N5O2/c1-18-9-5-6-21(8-9)15-14-13(19-16(17)20-15)11-7-10(22-2)3-4-12(11)23-14/h3-4,7,9,13-14,18H,5-6,8H2,1-2H3,(H2,17,19)/t9-,13?,14?/m1/s1. The third-order valence-electron chi connectivity index (χ3n) is 4.75. The molecule has 0 bridgehead atoms. The van der Waals surface area contributed by atoms with Gasteiger partial charge in [-0.1, -0.05) is 0 Å². The minimum absolute atomic E-state index is 0.152. The Kier molecular flexibility index (Phi) is 3.37. The Morgan fingerprint density at radius 1 is 1.43 bits per heavy atom. The number of amidine groups is 1. The molecule has 3 N–H and O–H groups in total. The molecule has 0 radical (unpaired) electrons. The van der Waals surface area contributed by atoms with Crippen LogP contribution in [-0.4, -0.2) is 56.1 Å². The molecule has 0 aromatic heterocycles. The fourth-order valence-corrected chi connectivity index (χ4v) is 3.49. The van der Waals surface area contributed by atoms with Gasteiger partial charge in [0.15, 0.2) is 11.9 Å². The molecule has 3 atom stereocenters. The lowest BCUT2D eigenvalue weighted by Gasteiger charge is -2.29. The van der Waals surface area contributed by atoms with Crippen molar-refractivity contribution in [2.24, 2.45) is 15.7 Å². The molecular weight excluding hydrogens is 294 g/mol. The number of methoxy groups -OCH3 is 1. The predicted molar refractivity (Wildman–Crippen MR) is 88.2 cm³/mol. The Labute approximate surface area is 135 Å². The van der Waals surface area contributed by atoms with Gasteiger partial charge in [-0.15, -0.1) is 0 Å². The number of likely N-dealkylation sites (tertiary alicyclic amines) is 1. The average Bonchev–Trinajstić information content (AvgIpc) is 3.18. The number of guanidine groups is 1. The van der Waals surface area contributed by atoms with Gasteiger partial charge in [-0.2, -0.15) is 4.99 Å². The zero-order valence-corrected chi connectivity index (χ0v) is 13.3. The van der Waals surface area contributed by atoms with Crippen molar-refractivity contribution in [2.45, 2.75) is 24.6 Å². The smallest absolute Gasteiger partial charge is 0.217 e. The van der Waals surface area contributed by atoms with E-state index in [1.165, 1.54) is 0 Å². The van der Waals surface area contributed by atoms with Crippen LogP contribution in [0.4, 0.5) is 0 Å². The molecule has 1 fully saturated rings. The summed E-state index contributed by atoms with van der Waals surface area (Å²) in [7, 11) is 3.65. The number of nitrogens with one attached hydrogen (secondary N) is 1. The summed E-state index contributed by atoms with van der Waals surface area (Å²) < 4.78 is 11.5. The summed E-state index contributed by atoms with van der Waals surface area (Å²) in [5.41, 5.74) is 6.99. The highest BCUT2D eigenvalue weighted by Gasteiger charge is 2.43. The summed E-state index contributed by atoms with van der Waals surface area (Å²) in [6, 6.07) is 6.12. The summed E-state index contributed by atoms with van der Waals surface area (Å²) in [5, 5.41) is 3.32. The molecule has 3 aliphatic heterocycles. The normalized spacial score (nSPS) is 28.6. The second-order valence-corrected chi connectivity index (χ2v) is 6.06. The minimum Gasteiger partial charge on any atom is -0.497 e. The quantitative estimate of drug-likeness (QED) is 0.831. The Morgan fingerprint density at radius 2 is 2.30 bits per heavy atom. The summed E-state index contributed by atoms with van der Waals surface area (Å²) in [6.45, 7) is 1.86. The Morgan fingerprint density at radius 3 is 3.04 bits per heavy atom. The number of benzene rings is 1. The van der Waals surface area contributed by atoms with Crippen LogP contribution < -0.4 is 20.5 Å². The fourth-order valence-electron chi connectivity index (χ4n) is 3.49. The van der Waals surface area contributed by atoms with Gasteiger partial charge in [0.05, 0.1) is 7.11 Å². The van der Waals surface area contributed by atoms with Crippen molar-refractivity contribution < 1.29 is 9.47 Å². The van der Waals surface area contributed by atoms with Gasteiger partial charge in [-0.3, -0.25) is 0 Å². The molecule has 0 spiro atoms. The van der Waals surface area contributed by atoms with E-state index in [2.05, 4.69) is 20.2 Å². The van der Waals surface area contributed by atoms with E-state index in [0.29, 0.717) is 12.0 Å². The van der Waals surface area contributed by atoms with Gasteiger partial charge >= 0.3 is 0 Å². The fraction of sp³-hybridized carbons (Fsp3) is 0.500. The zero-order chi connectivity index (χ0) is 16.0. The van der Waals surface area contributed by atoms with Crippen LogP contribution in [0.15, 0.2) is 28.2 Å². The van der Waals surface area contributed by atoms with Crippen LogP contribution >= 0.6 is 0 Å². The molecule has 1 aromatic carbocycles. The van der Waals surface area contributed by atoms with Gasteiger partial charge in [0.25, 0.3) is 0 Å². The number of hydrogen-bond donors (Lipinski definition) is 2. The second kappa shape index (κ2) is 5.42. The molecule has 122 valence electrons. The largest absolute Gasteiger partial charge is 0.497 e. The van der Waals surface area contributed by atoms with Crippen LogP contribution in [0.1, 0.15) is 18.0 Å². The monoisotopic (exact) mass is 315 g/mol. The Balaban J connectivity index is 1.66. The molecule has 3 heterocycles. The van der Waals surface area contributed by atoms with Crippen molar-refractivity contribution in [1.29, 1.82) is 0 Å². The van der Waals surface area contributed by atoms with Crippen LogP contribution in [0.3, 0.4) is 0 Å². The number of rotatable bonds is 2. The molecule has 1 aromatic rings. The van der Waals surface area contributed by atoms with Gasteiger partial charge in [-0.05, 0) is 31.7 Å². The first-order valence-electron chi connectivity index (χ1n) is 7.88. The van der Waals surface area contributed by atoms with Crippen molar-refractivity contribution in [3.8, 4) is 11.5 Å². The molecule has 0 saturated carbocycles. The maximum atomic E-state index is 6.14. The van der Waals surface area contributed by atoms with Crippen LogP contribution in [-0.2, 0) is 0 Å². The Bertz CT molecular complexity index is 687. The molecule has 7 heteroatoms. The first-order valence-corrected chi connectivity index (χ1v) is 7.88. The van der Waals surface area contributed by atoms with E-state index in [1.807, 2.05) is 25.2 Å². The number of hydrogen-bond acceptors (Lipinski definition) is 7. The van der Waals surface area contributed by atoms with E-state index in [9.17, 15) is 0 Å². The van der Waals surface area contributed by atoms with Crippen molar-refractivity contribution in [3.05, 3.63) is 23.8 Å². The molecular formula is C16H21N5O2. The summed E-state index contributed by atoms with van der Waals surface area (Å²) in [6.07, 6.45) is 0.880. The van der Waals surface area contributed by atoms with Gasteiger partial charge in [0, 0.05) is 24.7 Å².